The minimum Gasteiger partial charge on any atom is -0.768 e. The number of nitrogens with zero attached hydrogens (tertiary/aromatic N) is 1. The van der Waals surface area contributed by atoms with E-state index in [4.69, 9.17) is 18.9 Å². The summed E-state index contributed by atoms with van der Waals surface area (Å²) >= 11 is -2.55. The van der Waals surface area contributed by atoms with E-state index in [0.29, 0.717) is 43.1 Å². The van der Waals surface area contributed by atoms with Crippen LogP contribution in [0.15, 0.2) is 29.3 Å². The Labute approximate surface area is 172 Å². The topological polar surface area (TPSA) is 110 Å². The molecule has 1 fully saturated rings. The number of hydrogen-bond donors (Lipinski definition) is 1. The van der Waals surface area contributed by atoms with Crippen LogP contribution < -0.4 is 14.2 Å². The molecule has 1 saturated heterocycles. The molecule has 0 aliphatic carbocycles. The van der Waals surface area contributed by atoms with E-state index < -0.39 is 11.1 Å². The van der Waals surface area contributed by atoms with Crippen LogP contribution in [0.2, 0.25) is 0 Å². The molecule has 2 heterocycles. The van der Waals surface area contributed by atoms with E-state index in [2.05, 4.69) is 4.98 Å². The summed E-state index contributed by atoms with van der Waals surface area (Å²) in [6.07, 6.45) is 3.16. The number of phenols is 1. The Morgan fingerprint density at radius 2 is 1.93 bits per heavy atom. The lowest BCUT2D eigenvalue weighted by molar-refractivity contribution is 0.0434. The van der Waals surface area contributed by atoms with Crippen molar-refractivity contribution in [2.45, 2.75) is 43.3 Å². The van der Waals surface area contributed by atoms with Gasteiger partial charge in [-0.05, 0) is 54.1 Å². The van der Waals surface area contributed by atoms with E-state index in [1.54, 1.807) is 6.20 Å². The Bertz CT molecular complexity index is 889. The summed E-state index contributed by atoms with van der Waals surface area (Å²) in [6.45, 7) is 2.21. The zero-order valence-corrected chi connectivity index (χ0v) is 17.4. The smallest absolute Gasteiger partial charge is 0.256 e. The average Bonchev–Trinajstić information content (AvgIpc) is 3.22. The van der Waals surface area contributed by atoms with Crippen molar-refractivity contribution in [3.63, 3.8) is 0 Å². The van der Waals surface area contributed by atoms with Gasteiger partial charge in [-0.3, -0.25) is 4.21 Å². The molecule has 1 aliphatic heterocycles. The van der Waals surface area contributed by atoms with Gasteiger partial charge in [-0.15, -0.1) is 0 Å². The van der Waals surface area contributed by atoms with Crippen LogP contribution in [0.4, 0.5) is 0 Å². The number of aromatic nitrogens is 1. The normalized spacial score (nSPS) is 19.7. The minimum atomic E-state index is -2.55. The Morgan fingerprint density at radius 3 is 2.55 bits per heavy atom. The van der Waals surface area contributed by atoms with E-state index in [0.717, 1.165) is 5.56 Å². The number of rotatable bonds is 8. The lowest BCUT2D eigenvalue weighted by Crippen LogP contribution is -2.05. The fourth-order valence-corrected chi connectivity index (χ4v) is 3.86. The first-order valence-corrected chi connectivity index (χ1v) is 10.4. The van der Waals surface area contributed by atoms with Crippen molar-refractivity contribution < 1.29 is 32.8 Å². The second-order valence-corrected chi connectivity index (χ2v) is 7.53. The number of benzene rings is 1. The second kappa shape index (κ2) is 9.43. The SMILES string of the molecule is CCCOc1c(O)cc([C@@H]2CC[C@@H](c3cnc(OC)c(OC)c3)O2)cc1S(=O)[O-]. The molecule has 0 radical (unpaired) electrons. The molecule has 1 aromatic carbocycles. The summed E-state index contributed by atoms with van der Waals surface area (Å²) in [5.41, 5.74) is 1.42. The fourth-order valence-electron chi connectivity index (χ4n) is 3.32. The highest BCUT2D eigenvalue weighted by atomic mass is 32.2. The van der Waals surface area contributed by atoms with Crippen molar-refractivity contribution in [2.75, 3.05) is 20.8 Å². The van der Waals surface area contributed by atoms with Crippen molar-refractivity contribution in [1.29, 1.82) is 0 Å². The van der Waals surface area contributed by atoms with Crippen molar-refractivity contribution >= 4 is 11.1 Å². The van der Waals surface area contributed by atoms with Gasteiger partial charge in [0, 0.05) is 11.8 Å². The average molecular weight is 422 g/mol. The first-order chi connectivity index (χ1) is 14.0. The molecular weight excluding hydrogens is 398 g/mol. The number of ether oxygens (including phenoxy) is 4. The number of methoxy groups -OCH3 is 2. The van der Waals surface area contributed by atoms with Gasteiger partial charge in [0.25, 0.3) is 5.88 Å². The zero-order valence-electron chi connectivity index (χ0n) is 16.5. The monoisotopic (exact) mass is 422 g/mol. The maximum absolute atomic E-state index is 11.7. The Hall–Kier alpha value is -2.36. The van der Waals surface area contributed by atoms with E-state index in [1.807, 2.05) is 13.0 Å². The molecule has 1 unspecified atom stereocenters. The highest BCUT2D eigenvalue weighted by Crippen LogP contribution is 2.45. The molecular formula is C20H24NO7S-. The molecule has 9 heteroatoms. The van der Waals surface area contributed by atoms with Crippen molar-refractivity contribution in [3.8, 4) is 23.1 Å². The molecule has 1 N–H and O–H groups in total. The Morgan fingerprint density at radius 1 is 1.21 bits per heavy atom. The molecule has 2 aromatic rings. The van der Waals surface area contributed by atoms with Crippen LogP contribution in [0, 0.1) is 0 Å². The summed E-state index contributed by atoms with van der Waals surface area (Å²) in [4.78, 5) is 4.16. The van der Waals surface area contributed by atoms with Gasteiger partial charge in [0.1, 0.15) is 0 Å². The summed E-state index contributed by atoms with van der Waals surface area (Å²) in [6, 6.07) is 4.81. The van der Waals surface area contributed by atoms with Gasteiger partial charge in [0.05, 0.1) is 37.9 Å². The molecule has 8 nitrogen and oxygen atoms in total. The Balaban J connectivity index is 1.83. The third-order valence-corrected chi connectivity index (χ3v) is 5.37. The summed E-state index contributed by atoms with van der Waals surface area (Å²) in [5, 5.41) is 10.3. The number of hydrogen-bond acceptors (Lipinski definition) is 8. The quantitative estimate of drug-likeness (QED) is 0.644. The number of phenolic OH excluding ortho intramolecular Hbond substituents is 1. The molecule has 0 bridgehead atoms. The van der Waals surface area contributed by atoms with Gasteiger partial charge in [0.15, 0.2) is 17.2 Å². The van der Waals surface area contributed by atoms with Crippen molar-refractivity contribution in [2.24, 2.45) is 0 Å². The molecule has 0 amide bonds. The second-order valence-electron chi connectivity index (χ2n) is 6.62. The first kappa shape index (κ1) is 21.4. The van der Waals surface area contributed by atoms with Crippen LogP contribution in [0.5, 0.6) is 23.1 Å². The molecule has 3 rings (SSSR count). The number of pyridine rings is 1. The zero-order chi connectivity index (χ0) is 21.0. The predicted molar refractivity (Wildman–Crippen MR) is 104 cm³/mol. The van der Waals surface area contributed by atoms with Crippen LogP contribution >= 0.6 is 0 Å². The van der Waals surface area contributed by atoms with Crippen LogP contribution in [-0.4, -0.2) is 39.7 Å². The van der Waals surface area contributed by atoms with Gasteiger partial charge in [-0.25, -0.2) is 4.98 Å². The van der Waals surface area contributed by atoms with Gasteiger partial charge >= 0.3 is 0 Å². The van der Waals surface area contributed by atoms with E-state index >= 15 is 0 Å². The Kier molecular flexibility index (Phi) is 6.94. The fraction of sp³-hybridized carbons (Fsp3) is 0.450. The van der Waals surface area contributed by atoms with Gasteiger partial charge in [-0.1, -0.05) is 6.92 Å². The van der Waals surface area contributed by atoms with E-state index in [9.17, 15) is 13.9 Å². The largest absolute Gasteiger partial charge is 0.768 e. The molecule has 0 saturated carbocycles. The maximum atomic E-state index is 11.7. The molecule has 3 atom stereocenters. The van der Waals surface area contributed by atoms with Crippen molar-refractivity contribution in [1.82, 2.24) is 4.98 Å². The lowest BCUT2D eigenvalue weighted by Gasteiger charge is -2.19. The summed E-state index contributed by atoms with van der Waals surface area (Å²) in [7, 11) is 3.06. The molecule has 158 valence electrons. The highest BCUT2D eigenvalue weighted by molar-refractivity contribution is 7.79. The van der Waals surface area contributed by atoms with Crippen LogP contribution in [0.25, 0.3) is 0 Å². The summed E-state index contributed by atoms with van der Waals surface area (Å²) < 4.78 is 45.3. The minimum absolute atomic E-state index is 0.0254. The van der Waals surface area contributed by atoms with Crippen LogP contribution in [0.3, 0.4) is 0 Å². The standard InChI is InChI=1S/C20H25NO7S/c1-4-7-27-19-14(22)8-12(10-18(19)29(23)24)15-5-6-16(28-15)13-9-17(25-2)20(26-3)21-11-13/h8-11,15-16,22H,4-7H2,1-3H3,(H,23,24)/p-1/t15-,16-/m0/s1. The maximum Gasteiger partial charge on any atom is 0.256 e. The van der Waals surface area contributed by atoms with Gasteiger partial charge < -0.3 is 28.6 Å². The van der Waals surface area contributed by atoms with Gasteiger partial charge in [0.2, 0.25) is 0 Å². The van der Waals surface area contributed by atoms with E-state index in [1.165, 1.54) is 26.4 Å². The van der Waals surface area contributed by atoms with Crippen LogP contribution in [0.1, 0.15) is 49.5 Å². The third kappa shape index (κ3) is 4.63. The number of aromatic hydroxyl groups is 1. The molecule has 0 spiro atoms. The third-order valence-electron chi connectivity index (χ3n) is 4.70. The lowest BCUT2D eigenvalue weighted by atomic mass is 10.0. The van der Waals surface area contributed by atoms with Crippen LogP contribution in [-0.2, 0) is 15.8 Å². The predicted octanol–water partition coefficient (Wildman–Crippen LogP) is 3.42. The molecule has 29 heavy (non-hydrogen) atoms. The summed E-state index contributed by atoms with van der Waals surface area (Å²) in [5.74, 6) is 0.662. The van der Waals surface area contributed by atoms with Gasteiger partial charge in [-0.2, -0.15) is 0 Å². The van der Waals surface area contributed by atoms with E-state index in [-0.39, 0.29) is 28.6 Å². The molecule has 1 aromatic heterocycles. The first-order valence-electron chi connectivity index (χ1n) is 9.30. The molecule has 1 aliphatic rings. The van der Waals surface area contributed by atoms with Crippen molar-refractivity contribution in [3.05, 3.63) is 35.5 Å². The highest BCUT2D eigenvalue weighted by Gasteiger charge is 2.30.